The average Bonchev–Trinajstić information content (AvgIpc) is 2.78. The molecule has 1 aromatic rings. The average molecular weight is 283 g/mol. The Hall–Kier alpha value is -1.14. The number of carbonyl (C=O) groups is 1. The van der Waals surface area contributed by atoms with Crippen LogP contribution in [-0.2, 0) is 16.0 Å². The largest absolute Gasteiger partial charge is 0.469 e. The molecule has 0 N–H and O–H groups in total. The highest BCUT2D eigenvalue weighted by atomic mass is 32.1. The van der Waals surface area contributed by atoms with Crippen molar-refractivity contribution in [1.29, 1.82) is 0 Å². The molecule has 0 atom stereocenters. The third-order valence-corrected chi connectivity index (χ3v) is 4.29. The van der Waals surface area contributed by atoms with E-state index in [1.54, 1.807) is 11.3 Å². The van der Waals surface area contributed by atoms with Gasteiger partial charge in [-0.05, 0) is 20.0 Å². The van der Waals surface area contributed by atoms with Crippen LogP contribution in [0, 0.1) is 0 Å². The van der Waals surface area contributed by atoms with E-state index in [1.165, 1.54) is 13.5 Å². The summed E-state index contributed by atoms with van der Waals surface area (Å²) in [5, 5.41) is 3.13. The van der Waals surface area contributed by atoms with Gasteiger partial charge in [-0.2, -0.15) is 0 Å². The standard InChI is InChI=1S/C13H21N3O2S/c1-15-6-3-7-16(9-8-15)13-14-11(10-19-13)4-5-12(17)18-2/h10H,3-9H2,1-2H3. The summed E-state index contributed by atoms with van der Waals surface area (Å²) in [6.07, 6.45) is 2.24. The normalized spacial score (nSPS) is 17.3. The minimum absolute atomic E-state index is 0.175. The summed E-state index contributed by atoms with van der Waals surface area (Å²) >= 11 is 1.67. The van der Waals surface area contributed by atoms with Gasteiger partial charge in [0.05, 0.1) is 19.2 Å². The molecule has 0 spiro atoms. The molecule has 1 aliphatic rings. The molecule has 5 nitrogen and oxygen atoms in total. The summed E-state index contributed by atoms with van der Waals surface area (Å²) in [5.74, 6) is -0.175. The van der Waals surface area contributed by atoms with E-state index in [1.807, 2.05) is 5.38 Å². The Kier molecular flexibility index (Phi) is 5.15. The van der Waals surface area contributed by atoms with Crippen LogP contribution in [0.5, 0.6) is 0 Å². The number of likely N-dealkylation sites (N-methyl/N-ethyl adjacent to an activating group) is 1. The lowest BCUT2D eigenvalue weighted by molar-refractivity contribution is -0.140. The number of anilines is 1. The van der Waals surface area contributed by atoms with Gasteiger partial charge in [0.15, 0.2) is 5.13 Å². The molecule has 1 saturated heterocycles. The van der Waals surface area contributed by atoms with Crippen molar-refractivity contribution in [3.8, 4) is 0 Å². The van der Waals surface area contributed by atoms with E-state index >= 15 is 0 Å². The molecular formula is C13H21N3O2S. The molecule has 106 valence electrons. The molecule has 0 aromatic carbocycles. The van der Waals surface area contributed by atoms with E-state index in [9.17, 15) is 4.79 Å². The Bertz CT molecular complexity index is 422. The smallest absolute Gasteiger partial charge is 0.305 e. The third-order valence-electron chi connectivity index (χ3n) is 3.34. The number of nitrogens with zero attached hydrogens (tertiary/aromatic N) is 3. The van der Waals surface area contributed by atoms with Crippen LogP contribution in [0.4, 0.5) is 5.13 Å². The van der Waals surface area contributed by atoms with E-state index in [4.69, 9.17) is 0 Å². The molecule has 0 bridgehead atoms. The Morgan fingerprint density at radius 1 is 1.42 bits per heavy atom. The fraction of sp³-hybridized carbons (Fsp3) is 0.692. The molecule has 0 unspecified atom stereocenters. The predicted molar refractivity (Wildman–Crippen MR) is 76.8 cm³/mol. The van der Waals surface area contributed by atoms with Crippen LogP contribution < -0.4 is 4.90 Å². The number of thiazole rings is 1. The van der Waals surface area contributed by atoms with Crippen molar-refractivity contribution in [2.24, 2.45) is 0 Å². The fourth-order valence-corrected chi connectivity index (χ4v) is 3.04. The minimum Gasteiger partial charge on any atom is -0.469 e. The highest BCUT2D eigenvalue weighted by Gasteiger charge is 2.15. The summed E-state index contributed by atoms with van der Waals surface area (Å²) in [6, 6.07) is 0. The molecule has 1 aromatic heterocycles. The number of carbonyl (C=O) groups excluding carboxylic acids is 1. The monoisotopic (exact) mass is 283 g/mol. The number of ether oxygens (including phenoxy) is 1. The highest BCUT2D eigenvalue weighted by Crippen LogP contribution is 2.22. The van der Waals surface area contributed by atoms with Crippen molar-refractivity contribution in [2.75, 3.05) is 45.2 Å². The van der Waals surface area contributed by atoms with Gasteiger partial charge in [-0.3, -0.25) is 4.79 Å². The third kappa shape index (κ3) is 4.18. The Morgan fingerprint density at radius 3 is 3.05 bits per heavy atom. The van der Waals surface area contributed by atoms with Gasteiger partial charge < -0.3 is 14.5 Å². The lowest BCUT2D eigenvalue weighted by Gasteiger charge is -2.19. The maximum atomic E-state index is 11.1. The quantitative estimate of drug-likeness (QED) is 0.782. The van der Waals surface area contributed by atoms with E-state index in [-0.39, 0.29) is 5.97 Å². The van der Waals surface area contributed by atoms with Gasteiger partial charge in [0.25, 0.3) is 0 Å². The van der Waals surface area contributed by atoms with E-state index in [0.717, 1.165) is 37.0 Å². The Morgan fingerprint density at radius 2 is 2.26 bits per heavy atom. The number of aryl methyl sites for hydroxylation is 1. The second-order valence-electron chi connectivity index (χ2n) is 4.84. The molecule has 0 amide bonds. The Balaban J connectivity index is 1.90. The zero-order valence-electron chi connectivity index (χ0n) is 11.6. The van der Waals surface area contributed by atoms with E-state index < -0.39 is 0 Å². The molecule has 2 rings (SSSR count). The van der Waals surface area contributed by atoms with Crippen LogP contribution >= 0.6 is 11.3 Å². The molecule has 0 aliphatic carbocycles. The van der Waals surface area contributed by atoms with E-state index in [0.29, 0.717) is 12.8 Å². The molecule has 2 heterocycles. The summed E-state index contributed by atoms with van der Waals surface area (Å²) < 4.78 is 4.64. The minimum atomic E-state index is -0.175. The van der Waals surface area contributed by atoms with Gasteiger partial charge in [0.2, 0.25) is 0 Å². The van der Waals surface area contributed by atoms with Crippen LogP contribution in [0.2, 0.25) is 0 Å². The first-order valence-electron chi connectivity index (χ1n) is 6.64. The van der Waals surface area contributed by atoms with Crippen molar-refractivity contribution in [2.45, 2.75) is 19.3 Å². The molecular weight excluding hydrogens is 262 g/mol. The van der Waals surface area contributed by atoms with Crippen molar-refractivity contribution in [3.63, 3.8) is 0 Å². The van der Waals surface area contributed by atoms with Gasteiger partial charge >= 0.3 is 5.97 Å². The molecule has 0 saturated carbocycles. The SMILES string of the molecule is COC(=O)CCc1csc(N2CCCN(C)CC2)n1. The van der Waals surface area contributed by atoms with Crippen molar-refractivity contribution < 1.29 is 9.53 Å². The number of rotatable bonds is 4. The zero-order valence-corrected chi connectivity index (χ0v) is 12.4. The summed E-state index contributed by atoms with van der Waals surface area (Å²) in [5.41, 5.74) is 0.989. The van der Waals surface area contributed by atoms with Crippen molar-refractivity contribution in [3.05, 3.63) is 11.1 Å². The van der Waals surface area contributed by atoms with Crippen LogP contribution in [0.15, 0.2) is 5.38 Å². The molecule has 1 fully saturated rings. The van der Waals surface area contributed by atoms with Gasteiger partial charge in [0, 0.05) is 31.4 Å². The number of hydrogen-bond acceptors (Lipinski definition) is 6. The number of esters is 1. The second kappa shape index (κ2) is 6.86. The first-order chi connectivity index (χ1) is 9.19. The first kappa shape index (κ1) is 14.3. The van der Waals surface area contributed by atoms with Crippen LogP contribution in [0.1, 0.15) is 18.5 Å². The summed E-state index contributed by atoms with van der Waals surface area (Å²) in [6.45, 7) is 4.32. The number of hydrogen-bond donors (Lipinski definition) is 0. The molecule has 1 aliphatic heterocycles. The van der Waals surface area contributed by atoms with Gasteiger partial charge in [-0.25, -0.2) is 4.98 Å². The van der Waals surface area contributed by atoms with Crippen LogP contribution in [-0.4, -0.2) is 56.2 Å². The van der Waals surface area contributed by atoms with Crippen molar-refractivity contribution in [1.82, 2.24) is 9.88 Å². The zero-order chi connectivity index (χ0) is 13.7. The summed E-state index contributed by atoms with van der Waals surface area (Å²) in [4.78, 5) is 20.4. The highest BCUT2D eigenvalue weighted by molar-refractivity contribution is 7.13. The van der Waals surface area contributed by atoms with Crippen LogP contribution in [0.3, 0.4) is 0 Å². The second-order valence-corrected chi connectivity index (χ2v) is 5.68. The molecule has 6 heteroatoms. The summed E-state index contributed by atoms with van der Waals surface area (Å²) in [7, 11) is 3.58. The lowest BCUT2D eigenvalue weighted by Crippen LogP contribution is -2.28. The van der Waals surface area contributed by atoms with Gasteiger partial charge in [0.1, 0.15) is 0 Å². The number of methoxy groups -OCH3 is 1. The van der Waals surface area contributed by atoms with Gasteiger partial charge in [-0.15, -0.1) is 11.3 Å². The fourth-order valence-electron chi connectivity index (χ4n) is 2.13. The molecule has 0 radical (unpaired) electrons. The topological polar surface area (TPSA) is 45.7 Å². The maximum Gasteiger partial charge on any atom is 0.305 e. The predicted octanol–water partition coefficient (Wildman–Crippen LogP) is 1.39. The maximum absolute atomic E-state index is 11.1. The van der Waals surface area contributed by atoms with E-state index in [2.05, 4.69) is 26.6 Å². The Labute approximate surface area is 118 Å². The van der Waals surface area contributed by atoms with Crippen LogP contribution in [0.25, 0.3) is 0 Å². The number of aromatic nitrogens is 1. The van der Waals surface area contributed by atoms with Gasteiger partial charge in [-0.1, -0.05) is 0 Å². The molecule has 19 heavy (non-hydrogen) atoms. The lowest BCUT2D eigenvalue weighted by atomic mass is 10.2. The van der Waals surface area contributed by atoms with Crippen molar-refractivity contribution >= 4 is 22.4 Å². The first-order valence-corrected chi connectivity index (χ1v) is 7.51.